The van der Waals surface area contributed by atoms with E-state index in [-0.39, 0.29) is 34.5 Å². The maximum absolute atomic E-state index is 14.0. The SMILES string of the molecule is N[C@H]1C[C@@H](O)CN(c2ccncc2CC(=O)c2csc(-c3c(F)cccc3F)n2)C1. The van der Waals surface area contributed by atoms with Gasteiger partial charge in [0, 0.05) is 54.6 Å². The topological polar surface area (TPSA) is 92.3 Å². The van der Waals surface area contributed by atoms with Crippen LogP contribution in [0.15, 0.2) is 42.0 Å². The van der Waals surface area contributed by atoms with Crippen molar-refractivity contribution < 1.29 is 18.7 Å². The first kappa shape index (κ1) is 20.5. The molecule has 9 heteroatoms. The lowest BCUT2D eigenvalue weighted by Crippen LogP contribution is -2.49. The number of thiazole rings is 1. The van der Waals surface area contributed by atoms with Gasteiger partial charge in [0.1, 0.15) is 22.3 Å². The lowest BCUT2D eigenvalue weighted by Gasteiger charge is -2.36. The van der Waals surface area contributed by atoms with Crippen LogP contribution >= 0.6 is 11.3 Å². The van der Waals surface area contributed by atoms with Crippen LogP contribution in [0.2, 0.25) is 0 Å². The second kappa shape index (κ2) is 8.55. The molecule has 0 spiro atoms. The van der Waals surface area contributed by atoms with Crippen LogP contribution in [0.4, 0.5) is 14.5 Å². The van der Waals surface area contributed by atoms with Crippen molar-refractivity contribution in [2.75, 3.05) is 18.0 Å². The summed E-state index contributed by atoms with van der Waals surface area (Å²) in [7, 11) is 0. The van der Waals surface area contributed by atoms with Gasteiger partial charge in [-0.3, -0.25) is 9.78 Å². The van der Waals surface area contributed by atoms with E-state index in [1.165, 1.54) is 11.4 Å². The number of halogens is 2. The maximum atomic E-state index is 14.0. The molecule has 1 aromatic carbocycles. The quantitative estimate of drug-likeness (QED) is 0.605. The van der Waals surface area contributed by atoms with Crippen LogP contribution in [0.1, 0.15) is 22.5 Å². The van der Waals surface area contributed by atoms with Crippen molar-refractivity contribution in [2.24, 2.45) is 5.73 Å². The van der Waals surface area contributed by atoms with Gasteiger partial charge < -0.3 is 15.7 Å². The first-order chi connectivity index (χ1) is 14.4. The number of Topliss-reactive ketones (excluding diaryl/α,β-unsaturated/α-hetero) is 1. The molecule has 0 radical (unpaired) electrons. The van der Waals surface area contributed by atoms with Crippen LogP contribution in [-0.2, 0) is 6.42 Å². The third-order valence-corrected chi connectivity index (χ3v) is 5.86. The van der Waals surface area contributed by atoms with Crippen molar-refractivity contribution in [2.45, 2.75) is 25.0 Å². The number of pyridine rings is 1. The van der Waals surface area contributed by atoms with Gasteiger partial charge in [-0.05, 0) is 24.6 Å². The van der Waals surface area contributed by atoms with Gasteiger partial charge >= 0.3 is 0 Å². The van der Waals surface area contributed by atoms with Crippen molar-refractivity contribution in [1.29, 1.82) is 0 Å². The maximum Gasteiger partial charge on any atom is 0.186 e. The van der Waals surface area contributed by atoms with Gasteiger partial charge in [0.25, 0.3) is 0 Å². The molecule has 3 aromatic rings. The summed E-state index contributed by atoms with van der Waals surface area (Å²) >= 11 is 1.02. The molecule has 0 saturated carbocycles. The summed E-state index contributed by atoms with van der Waals surface area (Å²) in [5.41, 5.74) is 7.39. The average Bonchev–Trinajstić information content (AvgIpc) is 3.17. The number of piperidine rings is 1. The summed E-state index contributed by atoms with van der Waals surface area (Å²) in [6.45, 7) is 0.988. The Bertz CT molecular complexity index is 1040. The Hall–Kier alpha value is -2.75. The van der Waals surface area contributed by atoms with Gasteiger partial charge in [0.15, 0.2) is 5.78 Å². The van der Waals surface area contributed by atoms with E-state index in [1.807, 2.05) is 4.90 Å². The lowest BCUT2D eigenvalue weighted by molar-refractivity contribution is 0.0989. The molecule has 30 heavy (non-hydrogen) atoms. The Morgan fingerprint density at radius 3 is 2.77 bits per heavy atom. The number of carbonyl (C=O) groups is 1. The first-order valence-corrected chi connectivity index (χ1v) is 10.3. The summed E-state index contributed by atoms with van der Waals surface area (Å²) in [6, 6.07) is 5.21. The van der Waals surface area contributed by atoms with Crippen molar-refractivity contribution in [1.82, 2.24) is 9.97 Å². The third-order valence-electron chi connectivity index (χ3n) is 5.00. The van der Waals surface area contributed by atoms with E-state index < -0.39 is 17.7 Å². The molecule has 0 unspecified atom stereocenters. The normalized spacial score (nSPS) is 19.1. The fraction of sp³-hybridized carbons (Fsp3) is 0.286. The number of anilines is 1. The number of aromatic nitrogens is 2. The predicted molar refractivity (Wildman–Crippen MR) is 111 cm³/mol. The number of aliphatic hydroxyl groups excluding tert-OH is 1. The van der Waals surface area contributed by atoms with Crippen LogP contribution in [0, 0.1) is 11.6 Å². The molecule has 156 valence electrons. The largest absolute Gasteiger partial charge is 0.391 e. The highest BCUT2D eigenvalue weighted by molar-refractivity contribution is 7.13. The smallest absolute Gasteiger partial charge is 0.186 e. The number of nitrogens with zero attached hydrogens (tertiary/aromatic N) is 3. The van der Waals surface area contributed by atoms with Crippen molar-refractivity contribution in [3.05, 3.63) is 64.9 Å². The number of rotatable bonds is 5. The number of aliphatic hydroxyl groups is 1. The molecule has 1 aliphatic rings. The van der Waals surface area contributed by atoms with Crippen LogP contribution in [0.25, 0.3) is 10.6 Å². The van der Waals surface area contributed by atoms with Crippen molar-refractivity contribution >= 4 is 22.8 Å². The van der Waals surface area contributed by atoms with E-state index in [1.54, 1.807) is 18.5 Å². The van der Waals surface area contributed by atoms with Crippen LogP contribution in [0.3, 0.4) is 0 Å². The first-order valence-electron chi connectivity index (χ1n) is 9.47. The van der Waals surface area contributed by atoms with E-state index in [4.69, 9.17) is 5.73 Å². The summed E-state index contributed by atoms with van der Waals surface area (Å²) in [5, 5.41) is 11.7. The van der Waals surface area contributed by atoms with Crippen LogP contribution < -0.4 is 10.6 Å². The summed E-state index contributed by atoms with van der Waals surface area (Å²) in [5.74, 6) is -1.74. The minimum Gasteiger partial charge on any atom is -0.391 e. The second-order valence-electron chi connectivity index (χ2n) is 7.29. The van der Waals surface area contributed by atoms with Crippen LogP contribution in [0.5, 0.6) is 0 Å². The Labute approximate surface area is 176 Å². The Morgan fingerprint density at radius 1 is 1.27 bits per heavy atom. The molecule has 1 fully saturated rings. The highest BCUT2D eigenvalue weighted by atomic mass is 32.1. The number of β-amino-alcohol motifs (C(OH)–C–C–N with tert-alkyl or cyclic N) is 1. The number of nitrogens with two attached hydrogens (primary N) is 1. The van der Waals surface area contributed by atoms with Gasteiger partial charge in [-0.2, -0.15) is 0 Å². The van der Waals surface area contributed by atoms with Gasteiger partial charge in [0.05, 0.1) is 11.7 Å². The van der Waals surface area contributed by atoms with E-state index in [2.05, 4.69) is 9.97 Å². The molecule has 4 rings (SSSR count). The van der Waals surface area contributed by atoms with Crippen molar-refractivity contribution in [3.63, 3.8) is 0 Å². The minimum atomic E-state index is -0.724. The highest BCUT2D eigenvalue weighted by Crippen LogP contribution is 2.30. The van der Waals surface area contributed by atoms with Gasteiger partial charge in [-0.25, -0.2) is 13.8 Å². The Balaban J connectivity index is 1.57. The lowest BCUT2D eigenvalue weighted by atomic mass is 10.0. The number of ketones is 1. The fourth-order valence-corrected chi connectivity index (χ4v) is 4.53. The van der Waals surface area contributed by atoms with E-state index in [9.17, 15) is 18.7 Å². The molecule has 2 aromatic heterocycles. The molecule has 3 N–H and O–H groups in total. The second-order valence-corrected chi connectivity index (χ2v) is 8.15. The fourth-order valence-electron chi connectivity index (χ4n) is 3.65. The predicted octanol–water partition coefficient (Wildman–Crippen LogP) is 2.81. The Morgan fingerprint density at radius 2 is 2.03 bits per heavy atom. The zero-order valence-electron chi connectivity index (χ0n) is 16.0. The molecule has 0 bridgehead atoms. The van der Waals surface area contributed by atoms with Gasteiger partial charge in [0.2, 0.25) is 0 Å². The minimum absolute atomic E-state index is 0.0218. The number of hydrogen-bond donors (Lipinski definition) is 2. The van der Waals surface area contributed by atoms with Gasteiger partial charge in [-0.1, -0.05) is 6.07 Å². The third kappa shape index (κ3) is 4.23. The zero-order valence-corrected chi connectivity index (χ0v) is 16.8. The summed E-state index contributed by atoms with van der Waals surface area (Å²) in [4.78, 5) is 23.0. The summed E-state index contributed by atoms with van der Waals surface area (Å²) < 4.78 is 28.0. The average molecular weight is 430 g/mol. The molecule has 0 aliphatic carbocycles. The summed E-state index contributed by atoms with van der Waals surface area (Å²) in [6.07, 6.45) is 3.24. The van der Waals surface area contributed by atoms with Crippen LogP contribution in [-0.4, -0.2) is 46.1 Å². The molecule has 1 saturated heterocycles. The molecule has 0 amide bonds. The number of hydrogen-bond acceptors (Lipinski definition) is 7. The van der Waals surface area contributed by atoms with Crippen molar-refractivity contribution in [3.8, 4) is 10.6 Å². The standard InChI is InChI=1S/C21H20F2N4O2S/c22-15-2-1-3-16(23)20(15)21-26-17(11-30-21)19(29)6-12-8-25-5-4-18(12)27-9-13(24)7-14(28)10-27/h1-5,8,11,13-14,28H,6-7,9-10,24H2/t13-,14+/m0/s1. The molecule has 3 heterocycles. The zero-order chi connectivity index (χ0) is 21.3. The van der Waals surface area contributed by atoms with E-state index >= 15 is 0 Å². The monoisotopic (exact) mass is 430 g/mol. The molecule has 1 aliphatic heterocycles. The Kier molecular flexibility index (Phi) is 5.85. The molecule has 6 nitrogen and oxygen atoms in total. The molecule has 2 atom stereocenters. The number of benzene rings is 1. The van der Waals surface area contributed by atoms with E-state index in [0.29, 0.717) is 25.1 Å². The highest BCUT2D eigenvalue weighted by Gasteiger charge is 2.26. The van der Waals surface area contributed by atoms with Gasteiger partial charge in [-0.15, -0.1) is 11.3 Å². The molecular weight excluding hydrogens is 410 g/mol. The number of carbonyl (C=O) groups excluding carboxylic acids is 1. The molecular formula is C21H20F2N4O2S. The van der Waals surface area contributed by atoms with E-state index in [0.717, 1.165) is 29.2 Å².